The Balaban J connectivity index is -0.000000209. The molecule has 2 radical (unpaired) electrons. The maximum atomic E-state index is 9.00. The van der Waals surface area contributed by atoms with Crippen LogP contribution >= 0.6 is 0 Å². The molecule has 6 nitrogen and oxygen atoms in total. The number of rotatable bonds is 1. The molecule has 0 aliphatic carbocycles. The van der Waals surface area contributed by atoms with Crippen molar-refractivity contribution < 1.29 is 29.7 Å². The van der Waals surface area contributed by atoms with Crippen LogP contribution in [-0.4, -0.2) is 55.8 Å². The van der Waals surface area contributed by atoms with Gasteiger partial charge < -0.3 is 15.3 Å². The fraction of sp³-hybridized carbons (Fsp3) is 0.308. The second-order valence-electron chi connectivity index (χ2n) is 3.25. The Morgan fingerprint density at radius 3 is 1.25 bits per heavy atom. The molecule has 1 rings (SSSR count). The Bertz CT molecular complexity index is 337. The van der Waals surface area contributed by atoms with Gasteiger partial charge in [0.15, 0.2) is 0 Å². The molecule has 1 aromatic carbocycles. The van der Waals surface area contributed by atoms with Gasteiger partial charge in [-0.25, -0.2) is 0 Å². The fourth-order valence-electron chi connectivity index (χ4n) is 0.614. The molecule has 0 saturated carbocycles. The van der Waals surface area contributed by atoms with E-state index in [1.165, 1.54) is 32.5 Å². The van der Waals surface area contributed by atoms with Crippen LogP contribution in [-0.2, 0) is 18.8 Å². The third-order valence-electron chi connectivity index (χ3n) is 1.08. The van der Waals surface area contributed by atoms with Crippen LogP contribution in [0.2, 0.25) is 0 Å². The quantitative estimate of drug-likeness (QED) is 0.624. The van der Waals surface area contributed by atoms with Crippen molar-refractivity contribution in [3.05, 3.63) is 35.9 Å². The van der Waals surface area contributed by atoms with Gasteiger partial charge in [-0.1, -0.05) is 0 Å². The van der Waals surface area contributed by atoms with Crippen LogP contribution in [0.25, 0.3) is 0 Å². The number of carbonyl (C=O) groups is 3. The van der Waals surface area contributed by atoms with Gasteiger partial charge in [0, 0.05) is 20.8 Å². The van der Waals surface area contributed by atoms with Gasteiger partial charge in [0.25, 0.3) is 17.9 Å². The van der Waals surface area contributed by atoms with E-state index in [4.69, 9.17) is 29.7 Å². The van der Waals surface area contributed by atoms with Crippen molar-refractivity contribution in [3.8, 4) is 0 Å². The second-order valence-corrected chi connectivity index (χ2v) is 4.41. The molecule has 7 heteroatoms. The Morgan fingerprint density at radius 1 is 0.850 bits per heavy atom. The van der Waals surface area contributed by atoms with E-state index >= 15 is 0 Å². The predicted molar refractivity (Wildman–Crippen MR) is 77.2 cm³/mol. The molecule has 0 aliphatic rings. The van der Waals surface area contributed by atoms with Gasteiger partial charge in [-0.2, -0.15) is 0 Å². The zero-order chi connectivity index (χ0) is 16.6. The number of carboxylic acids is 3. The number of benzene rings is 1. The van der Waals surface area contributed by atoms with Crippen molar-refractivity contribution in [2.24, 2.45) is 0 Å². The van der Waals surface area contributed by atoms with Gasteiger partial charge >= 0.3 is 62.9 Å². The Morgan fingerprint density at radius 2 is 1.10 bits per heavy atom. The van der Waals surface area contributed by atoms with E-state index in [1.54, 1.807) is 0 Å². The van der Waals surface area contributed by atoms with Gasteiger partial charge in [-0.3, -0.25) is 14.4 Å². The molecule has 0 spiro atoms. The molecule has 0 unspecified atom stereocenters. The van der Waals surface area contributed by atoms with Crippen molar-refractivity contribution in [1.82, 2.24) is 0 Å². The summed E-state index contributed by atoms with van der Waals surface area (Å²) in [6, 6.07) is 10.6. The Labute approximate surface area is 131 Å². The third-order valence-corrected chi connectivity index (χ3v) is 2.42. The monoisotopic (exact) mass is 392 g/mol. The first-order valence-corrected chi connectivity index (χ1v) is 7.79. The first-order chi connectivity index (χ1) is 9.13. The first-order valence-electron chi connectivity index (χ1n) is 5.46. The molecule has 20 heavy (non-hydrogen) atoms. The summed E-state index contributed by atoms with van der Waals surface area (Å²) >= 11 is 1.33. The van der Waals surface area contributed by atoms with Crippen molar-refractivity contribution in [3.63, 3.8) is 0 Å². The van der Waals surface area contributed by atoms with Crippen molar-refractivity contribution >= 4 is 40.4 Å². The normalized spacial score (nSPS) is 7.40. The van der Waals surface area contributed by atoms with Crippen LogP contribution < -0.4 is 0 Å². The fourth-order valence-corrected chi connectivity index (χ4v) is 1.39. The van der Waals surface area contributed by atoms with E-state index in [0.29, 0.717) is 0 Å². The topological polar surface area (TPSA) is 112 Å². The summed E-state index contributed by atoms with van der Waals surface area (Å²) < 4.78 is 1.27. The number of aliphatic carboxylic acids is 3. The third kappa shape index (κ3) is 55.0. The molecule has 1 aromatic rings. The minimum absolute atomic E-state index is 0.833. The molecule has 0 aromatic heterocycles. The Kier molecular flexibility index (Phi) is 20.5. The summed E-state index contributed by atoms with van der Waals surface area (Å²) in [5.74, 6) is -2.50. The van der Waals surface area contributed by atoms with Gasteiger partial charge in [-0.05, 0) is 0 Å². The van der Waals surface area contributed by atoms with E-state index in [2.05, 4.69) is 30.3 Å². The molecular weight excluding hydrogens is 371 g/mol. The summed E-state index contributed by atoms with van der Waals surface area (Å²) in [4.78, 5) is 27.0. The van der Waals surface area contributed by atoms with Crippen LogP contribution in [0.3, 0.4) is 0 Å². The molecule has 3 N–H and O–H groups in total. The van der Waals surface area contributed by atoms with Crippen molar-refractivity contribution in [1.29, 1.82) is 0 Å². The molecule has 112 valence electrons. The van der Waals surface area contributed by atoms with Gasteiger partial charge in [0.2, 0.25) is 0 Å². The SMILES string of the molecule is CC(=O)O.CC(=O)O.CC(=O)O.[SnH][CH2]c1ccccc1. The molecule has 0 aliphatic heterocycles. The summed E-state index contributed by atoms with van der Waals surface area (Å²) in [5.41, 5.74) is 1.47. The van der Waals surface area contributed by atoms with Crippen molar-refractivity contribution in [2.75, 3.05) is 0 Å². The Hall–Kier alpha value is -1.57. The van der Waals surface area contributed by atoms with Crippen LogP contribution in [0.4, 0.5) is 0 Å². The van der Waals surface area contributed by atoms with E-state index in [9.17, 15) is 0 Å². The zero-order valence-electron chi connectivity index (χ0n) is 11.7. The maximum absolute atomic E-state index is 9.00. The van der Waals surface area contributed by atoms with Crippen molar-refractivity contribution in [2.45, 2.75) is 25.2 Å². The summed E-state index contributed by atoms with van der Waals surface area (Å²) in [6.45, 7) is 3.25. The molecule has 0 fully saturated rings. The van der Waals surface area contributed by atoms with E-state index in [1.807, 2.05) is 0 Å². The molecule has 0 saturated heterocycles. The van der Waals surface area contributed by atoms with E-state index in [0.717, 1.165) is 20.8 Å². The molecule has 0 bridgehead atoms. The summed E-state index contributed by atoms with van der Waals surface area (Å²) in [5, 5.41) is 22.2. The van der Waals surface area contributed by atoms with Crippen LogP contribution in [0, 0.1) is 0 Å². The van der Waals surface area contributed by atoms with Crippen LogP contribution in [0.1, 0.15) is 26.3 Å². The van der Waals surface area contributed by atoms with E-state index < -0.39 is 17.9 Å². The van der Waals surface area contributed by atoms with Crippen LogP contribution in [0.15, 0.2) is 30.3 Å². The second kappa shape index (κ2) is 17.4. The van der Waals surface area contributed by atoms with Gasteiger partial charge in [-0.15, -0.1) is 0 Å². The average Bonchev–Trinajstić information content (AvgIpc) is 2.28. The summed E-state index contributed by atoms with van der Waals surface area (Å²) in [6.07, 6.45) is 0. The number of hydrogen-bond donors (Lipinski definition) is 3. The first kappa shape index (κ1) is 23.5. The molecule has 0 atom stereocenters. The van der Waals surface area contributed by atoms with Gasteiger partial charge in [0.1, 0.15) is 0 Å². The predicted octanol–water partition coefficient (Wildman–Crippen LogP) is 1.36. The molecule has 0 amide bonds. The average molecular weight is 391 g/mol. The van der Waals surface area contributed by atoms with E-state index in [-0.39, 0.29) is 0 Å². The molecule has 0 heterocycles. The minimum atomic E-state index is -0.833. The van der Waals surface area contributed by atoms with Gasteiger partial charge in [0.05, 0.1) is 0 Å². The van der Waals surface area contributed by atoms with Crippen LogP contribution in [0.5, 0.6) is 0 Å². The number of carboxylic acid groups (broad SMARTS) is 3. The zero-order valence-corrected chi connectivity index (χ0v) is 15.0. The summed E-state index contributed by atoms with van der Waals surface area (Å²) in [7, 11) is 0. The molecular formula is C13H20O6Sn. The number of hydrogen-bond acceptors (Lipinski definition) is 3. The standard InChI is InChI=1S/C7H7.3C2H4O2.Sn.H/c1-7-5-3-2-4-6-7;3*1-2(3)4;;/h2-6H,1H2;3*1H3,(H,3,4);;.